The summed E-state index contributed by atoms with van der Waals surface area (Å²) in [4.78, 5) is 11.7. The van der Waals surface area contributed by atoms with Crippen LogP contribution in [0.1, 0.15) is 29.4 Å². The molecule has 3 rings (SSSR count). The van der Waals surface area contributed by atoms with Crippen LogP contribution in [0.5, 0.6) is 0 Å². The third-order valence-electron chi connectivity index (χ3n) is 3.66. The standard InChI is InChI=1S/C16H17NO2/c1-11-7-8-15(19-11)13-10-16(18)17-14(13)9-12-5-3-2-4-6-12/h2-8,13-14H,9-10H2,1H3,(H,17,18). The van der Waals surface area contributed by atoms with Crippen molar-refractivity contribution in [3.05, 3.63) is 59.5 Å². The fourth-order valence-corrected chi connectivity index (χ4v) is 2.72. The van der Waals surface area contributed by atoms with Gasteiger partial charge in [-0.3, -0.25) is 4.79 Å². The van der Waals surface area contributed by atoms with Crippen molar-refractivity contribution in [1.29, 1.82) is 0 Å². The Bertz CT molecular complexity index is 573. The van der Waals surface area contributed by atoms with E-state index in [1.165, 1.54) is 5.56 Å². The summed E-state index contributed by atoms with van der Waals surface area (Å²) in [7, 11) is 0. The number of hydrogen-bond donors (Lipinski definition) is 1. The molecule has 1 aromatic heterocycles. The third kappa shape index (κ3) is 2.55. The minimum Gasteiger partial charge on any atom is -0.466 e. The molecule has 1 N–H and O–H groups in total. The molecule has 1 aliphatic rings. The molecule has 2 aromatic rings. The summed E-state index contributed by atoms with van der Waals surface area (Å²) >= 11 is 0. The molecule has 19 heavy (non-hydrogen) atoms. The van der Waals surface area contributed by atoms with E-state index in [1.54, 1.807) is 0 Å². The fraction of sp³-hybridized carbons (Fsp3) is 0.312. The van der Waals surface area contributed by atoms with E-state index in [4.69, 9.17) is 4.42 Å². The molecule has 0 saturated carbocycles. The van der Waals surface area contributed by atoms with Gasteiger partial charge in [-0.15, -0.1) is 0 Å². The van der Waals surface area contributed by atoms with Gasteiger partial charge in [-0.25, -0.2) is 0 Å². The molecule has 1 amide bonds. The summed E-state index contributed by atoms with van der Waals surface area (Å²) in [6.45, 7) is 1.93. The Morgan fingerprint density at radius 1 is 1.21 bits per heavy atom. The molecule has 1 aliphatic heterocycles. The molecule has 2 atom stereocenters. The van der Waals surface area contributed by atoms with Crippen LogP contribution in [0.15, 0.2) is 46.9 Å². The number of carbonyl (C=O) groups excluding carboxylic acids is 1. The Morgan fingerprint density at radius 2 is 2.00 bits per heavy atom. The maximum atomic E-state index is 11.7. The van der Waals surface area contributed by atoms with Gasteiger partial charge in [0.25, 0.3) is 0 Å². The molecule has 98 valence electrons. The summed E-state index contributed by atoms with van der Waals surface area (Å²) in [5.74, 6) is 2.06. The van der Waals surface area contributed by atoms with E-state index >= 15 is 0 Å². The normalized spacial score (nSPS) is 22.5. The molecule has 2 unspecified atom stereocenters. The Hall–Kier alpha value is -2.03. The summed E-state index contributed by atoms with van der Waals surface area (Å²) in [5.41, 5.74) is 1.24. The second-order valence-electron chi connectivity index (χ2n) is 5.12. The van der Waals surface area contributed by atoms with Gasteiger partial charge in [-0.1, -0.05) is 30.3 Å². The van der Waals surface area contributed by atoms with Gasteiger partial charge in [-0.2, -0.15) is 0 Å². The highest BCUT2D eigenvalue weighted by atomic mass is 16.3. The van der Waals surface area contributed by atoms with E-state index in [2.05, 4.69) is 17.4 Å². The van der Waals surface area contributed by atoms with Gasteiger partial charge < -0.3 is 9.73 Å². The number of carbonyl (C=O) groups is 1. The van der Waals surface area contributed by atoms with Crippen molar-refractivity contribution in [2.45, 2.75) is 31.7 Å². The molecule has 0 bridgehead atoms. The van der Waals surface area contributed by atoms with Gasteiger partial charge in [0.1, 0.15) is 11.5 Å². The monoisotopic (exact) mass is 255 g/mol. The maximum Gasteiger partial charge on any atom is 0.221 e. The van der Waals surface area contributed by atoms with E-state index in [0.717, 1.165) is 17.9 Å². The molecule has 1 fully saturated rings. The van der Waals surface area contributed by atoms with Crippen LogP contribution in [0.4, 0.5) is 0 Å². The van der Waals surface area contributed by atoms with E-state index in [0.29, 0.717) is 6.42 Å². The maximum absolute atomic E-state index is 11.7. The van der Waals surface area contributed by atoms with Gasteiger partial charge in [0.15, 0.2) is 0 Å². The number of aryl methyl sites for hydroxylation is 1. The molecule has 1 saturated heterocycles. The molecule has 0 spiro atoms. The largest absolute Gasteiger partial charge is 0.466 e. The molecule has 3 heteroatoms. The second-order valence-corrected chi connectivity index (χ2v) is 5.12. The summed E-state index contributed by atoms with van der Waals surface area (Å²) in [6, 6.07) is 14.3. The highest BCUT2D eigenvalue weighted by molar-refractivity contribution is 5.80. The van der Waals surface area contributed by atoms with Crippen molar-refractivity contribution in [2.24, 2.45) is 0 Å². The molecular formula is C16H17NO2. The van der Waals surface area contributed by atoms with Crippen molar-refractivity contribution in [1.82, 2.24) is 5.32 Å². The molecule has 0 aliphatic carbocycles. The first kappa shape index (κ1) is 12.0. The summed E-state index contributed by atoms with van der Waals surface area (Å²) in [5, 5.41) is 3.06. The van der Waals surface area contributed by atoms with E-state index in [1.807, 2.05) is 37.3 Å². The lowest BCUT2D eigenvalue weighted by Crippen LogP contribution is -2.30. The van der Waals surface area contributed by atoms with Crippen LogP contribution >= 0.6 is 0 Å². The second kappa shape index (κ2) is 4.92. The average Bonchev–Trinajstić information content (AvgIpc) is 2.97. The Labute approximate surface area is 112 Å². The first-order chi connectivity index (χ1) is 9.22. The van der Waals surface area contributed by atoms with Crippen LogP contribution in [-0.2, 0) is 11.2 Å². The van der Waals surface area contributed by atoms with Crippen LogP contribution in [0.3, 0.4) is 0 Å². The summed E-state index contributed by atoms with van der Waals surface area (Å²) in [6.07, 6.45) is 1.36. The minimum atomic E-state index is 0.111. The van der Waals surface area contributed by atoms with Crippen LogP contribution < -0.4 is 5.32 Å². The lowest BCUT2D eigenvalue weighted by atomic mass is 9.92. The zero-order valence-corrected chi connectivity index (χ0v) is 10.9. The third-order valence-corrected chi connectivity index (χ3v) is 3.66. The fourth-order valence-electron chi connectivity index (χ4n) is 2.72. The van der Waals surface area contributed by atoms with Gasteiger partial charge in [-0.05, 0) is 31.0 Å². The first-order valence-electron chi connectivity index (χ1n) is 6.62. The van der Waals surface area contributed by atoms with Gasteiger partial charge >= 0.3 is 0 Å². The Morgan fingerprint density at radius 3 is 2.68 bits per heavy atom. The van der Waals surface area contributed by atoms with Gasteiger partial charge in [0.2, 0.25) is 5.91 Å². The highest BCUT2D eigenvalue weighted by Gasteiger charge is 2.35. The van der Waals surface area contributed by atoms with Crippen LogP contribution in [0.25, 0.3) is 0 Å². The van der Waals surface area contributed by atoms with Gasteiger partial charge in [0.05, 0.1) is 0 Å². The van der Waals surface area contributed by atoms with E-state index in [-0.39, 0.29) is 17.9 Å². The number of nitrogens with one attached hydrogen (secondary N) is 1. The first-order valence-corrected chi connectivity index (χ1v) is 6.62. The van der Waals surface area contributed by atoms with Crippen molar-refractivity contribution in [2.75, 3.05) is 0 Å². The predicted molar refractivity (Wildman–Crippen MR) is 72.9 cm³/mol. The number of amides is 1. The number of rotatable bonds is 3. The van der Waals surface area contributed by atoms with Crippen molar-refractivity contribution < 1.29 is 9.21 Å². The molecule has 0 radical (unpaired) electrons. The molecule has 1 aromatic carbocycles. The zero-order valence-electron chi connectivity index (χ0n) is 10.9. The smallest absolute Gasteiger partial charge is 0.221 e. The van der Waals surface area contributed by atoms with Crippen molar-refractivity contribution in [3.8, 4) is 0 Å². The SMILES string of the molecule is Cc1ccc(C2CC(=O)NC2Cc2ccccc2)o1. The number of hydrogen-bond acceptors (Lipinski definition) is 2. The number of furan rings is 1. The van der Waals surface area contributed by atoms with Crippen LogP contribution in [0, 0.1) is 6.92 Å². The topological polar surface area (TPSA) is 42.2 Å². The predicted octanol–water partition coefficient (Wildman–Crippen LogP) is 2.80. The Kier molecular flexibility index (Phi) is 3.11. The van der Waals surface area contributed by atoms with Crippen molar-refractivity contribution >= 4 is 5.91 Å². The molecule has 2 heterocycles. The summed E-state index contributed by atoms with van der Waals surface area (Å²) < 4.78 is 5.69. The Balaban J connectivity index is 1.81. The molecular weight excluding hydrogens is 238 g/mol. The van der Waals surface area contributed by atoms with Crippen LogP contribution in [0.2, 0.25) is 0 Å². The lowest BCUT2D eigenvalue weighted by molar-refractivity contribution is -0.119. The minimum absolute atomic E-state index is 0.111. The number of benzene rings is 1. The quantitative estimate of drug-likeness (QED) is 0.916. The highest BCUT2D eigenvalue weighted by Crippen LogP contribution is 2.31. The zero-order chi connectivity index (χ0) is 13.2. The van der Waals surface area contributed by atoms with Gasteiger partial charge in [0, 0.05) is 18.4 Å². The van der Waals surface area contributed by atoms with E-state index in [9.17, 15) is 4.79 Å². The average molecular weight is 255 g/mol. The molecule has 3 nitrogen and oxygen atoms in total. The van der Waals surface area contributed by atoms with Crippen molar-refractivity contribution in [3.63, 3.8) is 0 Å². The van der Waals surface area contributed by atoms with E-state index < -0.39 is 0 Å². The van der Waals surface area contributed by atoms with Crippen LogP contribution in [-0.4, -0.2) is 11.9 Å². The lowest BCUT2D eigenvalue weighted by Gasteiger charge is -2.17.